The van der Waals surface area contributed by atoms with Crippen molar-refractivity contribution in [2.75, 3.05) is 11.9 Å². The highest BCUT2D eigenvalue weighted by molar-refractivity contribution is 5.89. The van der Waals surface area contributed by atoms with Crippen LogP contribution in [0.15, 0.2) is 18.2 Å². The van der Waals surface area contributed by atoms with Gasteiger partial charge in [0.2, 0.25) is 0 Å². The third-order valence-electron chi connectivity index (χ3n) is 3.74. The maximum absolute atomic E-state index is 13.0. The maximum atomic E-state index is 13.0. The van der Waals surface area contributed by atoms with E-state index in [0.29, 0.717) is 12.5 Å². The van der Waals surface area contributed by atoms with Gasteiger partial charge in [0.05, 0.1) is 0 Å². The second-order valence-corrected chi connectivity index (χ2v) is 5.30. The molecule has 0 atom stereocenters. The van der Waals surface area contributed by atoms with Gasteiger partial charge in [0.1, 0.15) is 0 Å². The summed E-state index contributed by atoms with van der Waals surface area (Å²) < 4.78 is 25.7. The molecule has 0 spiro atoms. The van der Waals surface area contributed by atoms with Gasteiger partial charge < -0.3 is 10.6 Å². The number of carbonyl (C=O) groups is 1. The molecule has 0 radical (unpaired) electrons. The van der Waals surface area contributed by atoms with Gasteiger partial charge >= 0.3 is 6.03 Å². The van der Waals surface area contributed by atoms with Crippen molar-refractivity contribution in [1.29, 1.82) is 0 Å². The van der Waals surface area contributed by atoms with Crippen molar-refractivity contribution in [2.45, 2.75) is 38.5 Å². The molecule has 1 aromatic rings. The lowest BCUT2D eigenvalue weighted by Gasteiger charge is -2.21. The lowest BCUT2D eigenvalue weighted by atomic mass is 9.87. The van der Waals surface area contributed by atoms with E-state index in [1.54, 1.807) is 0 Å². The van der Waals surface area contributed by atoms with Crippen LogP contribution in [0.2, 0.25) is 0 Å². The summed E-state index contributed by atoms with van der Waals surface area (Å²) in [5, 5.41) is 5.24. The van der Waals surface area contributed by atoms with E-state index in [9.17, 15) is 13.6 Å². The minimum Gasteiger partial charge on any atom is -0.338 e. The molecule has 3 nitrogen and oxygen atoms in total. The summed E-state index contributed by atoms with van der Waals surface area (Å²) in [5.74, 6) is -1.19. The van der Waals surface area contributed by atoms with Crippen LogP contribution < -0.4 is 10.6 Å². The van der Waals surface area contributed by atoms with Gasteiger partial charge in [-0.1, -0.05) is 32.1 Å². The van der Waals surface area contributed by atoms with Crippen molar-refractivity contribution in [2.24, 2.45) is 5.92 Å². The van der Waals surface area contributed by atoms with Crippen LogP contribution >= 0.6 is 0 Å². The second-order valence-electron chi connectivity index (χ2n) is 5.30. The Hall–Kier alpha value is -1.65. The molecule has 2 amide bonds. The summed E-state index contributed by atoms with van der Waals surface area (Å²) in [5.41, 5.74) is 0.249. The Morgan fingerprint density at radius 3 is 2.60 bits per heavy atom. The van der Waals surface area contributed by atoms with Gasteiger partial charge in [-0.05, 0) is 24.5 Å². The summed E-state index contributed by atoms with van der Waals surface area (Å²) in [6, 6.07) is 2.91. The van der Waals surface area contributed by atoms with Gasteiger partial charge in [-0.3, -0.25) is 0 Å². The molecule has 2 N–H and O–H groups in total. The molecule has 2 rings (SSSR count). The first-order chi connectivity index (χ1) is 9.65. The van der Waals surface area contributed by atoms with E-state index in [1.165, 1.54) is 38.2 Å². The average molecular weight is 282 g/mol. The fourth-order valence-electron chi connectivity index (χ4n) is 2.61. The number of amides is 2. The van der Waals surface area contributed by atoms with Crippen molar-refractivity contribution in [3.8, 4) is 0 Å². The fourth-order valence-corrected chi connectivity index (χ4v) is 2.61. The average Bonchev–Trinajstić information content (AvgIpc) is 2.44. The van der Waals surface area contributed by atoms with Gasteiger partial charge in [0.25, 0.3) is 0 Å². The molecule has 0 unspecified atom stereocenters. The zero-order valence-corrected chi connectivity index (χ0v) is 11.4. The fraction of sp³-hybridized carbons (Fsp3) is 0.533. The van der Waals surface area contributed by atoms with Crippen LogP contribution in [-0.2, 0) is 0 Å². The lowest BCUT2D eigenvalue weighted by molar-refractivity contribution is 0.250. The second kappa shape index (κ2) is 7.22. The topological polar surface area (TPSA) is 41.1 Å². The normalized spacial score (nSPS) is 15.9. The smallest absolute Gasteiger partial charge is 0.319 e. The molecule has 1 aliphatic rings. The monoisotopic (exact) mass is 282 g/mol. The standard InChI is InChI=1S/C15H20F2N2O/c16-13-7-6-12(10-14(13)17)19-15(20)18-9-8-11-4-2-1-3-5-11/h6-7,10-11H,1-5,8-9H2,(H2,18,19,20). The Balaban J connectivity index is 1.70. The third-order valence-corrected chi connectivity index (χ3v) is 3.74. The van der Waals surface area contributed by atoms with E-state index in [-0.39, 0.29) is 11.7 Å². The summed E-state index contributed by atoms with van der Waals surface area (Å²) in [6.45, 7) is 0.611. The highest BCUT2D eigenvalue weighted by Crippen LogP contribution is 2.25. The number of anilines is 1. The van der Waals surface area contributed by atoms with Crippen LogP contribution in [0.5, 0.6) is 0 Å². The Bertz CT molecular complexity index is 459. The van der Waals surface area contributed by atoms with E-state index in [4.69, 9.17) is 0 Å². The molecule has 1 saturated carbocycles. The Morgan fingerprint density at radius 2 is 1.90 bits per heavy atom. The number of nitrogens with one attached hydrogen (secondary N) is 2. The number of hydrogen-bond donors (Lipinski definition) is 2. The van der Waals surface area contributed by atoms with Gasteiger partial charge in [0.15, 0.2) is 11.6 Å². The van der Waals surface area contributed by atoms with E-state index in [1.807, 2.05) is 0 Å². The highest BCUT2D eigenvalue weighted by atomic mass is 19.2. The van der Waals surface area contributed by atoms with Crippen molar-refractivity contribution >= 4 is 11.7 Å². The van der Waals surface area contributed by atoms with E-state index >= 15 is 0 Å². The number of urea groups is 1. The highest BCUT2D eigenvalue weighted by Gasteiger charge is 2.13. The number of carbonyl (C=O) groups excluding carboxylic acids is 1. The van der Waals surface area contributed by atoms with Gasteiger partial charge in [-0.25, -0.2) is 13.6 Å². The zero-order valence-electron chi connectivity index (χ0n) is 11.4. The molecule has 1 fully saturated rings. The summed E-state index contributed by atoms with van der Waals surface area (Å²) in [7, 11) is 0. The molecular formula is C15H20F2N2O. The Morgan fingerprint density at radius 1 is 1.15 bits per heavy atom. The molecular weight excluding hydrogens is 262 g/mol. The first kappa shape index (κ1) is 14.8. The number of halogens is 2. The number of rotatable bonds is 4. The zero-order chi connectivity index (χ0) is 14.4. The molecule has 1 aromatic carbocycles. The summed E-state index contributed by atoms with van der Waals surface area (Å²) >= 11 is 0. The molecule has 20 heavy (non-hydrogen) atoms. The molecule has 0 bridgehead atoms. The quantitative estimate of drug-likeness (QED) is 0.859. The van der Waals surface area contributed by atoms with Crippen LogP contribution in [0.25, 0.3) is 0 Å². The van der Waals surface area contributed by atoms with Crippen LogP contribution in [0.4, 0.5) is 19.3 Å². The first-order valence-corrected chi connectivity index (χ1v) is 7.15. The minimum atomic E-state index is -0.968. The van der Waals surface area contributed by atoms with Crippen molar-refractivity contribution in [3.63, 3.8) is 0 Å². The van der Waals surface area contributed by atoms with E-state index in [2.05, 4.69) is 10.6 Å². The van der Waals surface area contributed by atoms with Crippen molar-refractivity contribution in [3.05, 3.63) is 29.8 Å². The minimum absolute atomic E-state index is 0.249. The van der Waals surface area contributed by atoms with Gasteiger partial charge in [-0.15, -0.1) is 0 Å². The van der Waals surface area contributed by atoms with Crippen molar-refractivity contribution in [1.82, 2.24) is 5.32 Å². The Labute approximate surface area is 117 Å². The molecule has 1 aliphatic carbocycles. The first-order valence-electron chi connectivity index (χ1n) is 7.15. The third kappa shape index (κ3) is 4.47. The van der Waals surface area contributed by atoms with Crippen LogP contribution in [0.3, 0.4) is 0 Å². The SMILES string of the molecule is O=C(NCCC1CCCCC1)Nc1ccc(F)c(F)c1. The van der Waals surface area contributed by atoms with Crippen LogP contribution in [-0.4, -0.2) is 12.6 Å². The predicted octanol–water partition coefficient (Wildman–Crippen LogP) is 4.06. The van der Waals surface area contributed by atoms with Gasteiger partial charge in [-0.2, -0.15) is 0 Å². The summed E-state index contributed by atoms with van der Waals surface area (Å²) in [4.78, 5) is 11.6. The Kier molecular flexibility index (Phi) is 5.32. The molecule has 0 aliphatic heterocycles. The molecule has 5 heteroatoms. The molecule has 0 saturated heterocycles. The summed E-state index contributed by atoms with van der Waals surface area (Å²) in [6.07, 6.45) is 7.35. The predicted molar refractivity (Wildman–Crippen MR) is 74.6 cm³/mol. The number of benzene rings is 1. The molecule has 110 valence electrons. The largest absolute Gasteiger partial charge is 0.338 e. The van der Waals surface area contributed by atoms with Crippen molar-refractivity contribution < 1.29 is 13.6 Å². The molecule has 0 heterocycles. The van der Waals surface area contributed by atoms with Gasteiger partial charge in [0, 0.05) is 18.3 Å². The van der Waals surface area contributed by atoms with E-state index < -0.39 is 11.6 Å². The van der Waals surface area contributed by atoms with Crippen LogP contribution in [0.1, 0.15) is 38.5 Å². The lowest BCUT2D eigenvalue weighted by Crippen LogP contribution is -2.30. The van der Waals surface area contributed by atoms with E-state index in [0.717, 1.165) is 18.6 Å². The number of hydrogen-bond acceptors (Lipinski definition) is 1. The maximum Gasteiger partial charge on any atom is 0.319 e. The molecule has 0 aromatic heterocycles. The van der Waals surface area contributed by atoms with Crippen LogP contribution in [0, 0.1) is 17.6 Å².